The first-order chi connectivity index (χ1) is 9.31. The van der Waals surface area contributed by atoms with Gasteiger partial charge in [-0.05, 0) is 24.1 Å². The lowest BCUT2D eigenvalue weighted by atomic mass is 9.97. The van der Waals surface area contributed by atoms with E-state index in [1.807, 2.05) is 13.8 Å². The number of aliphatic hydroxyl groups is 1. The topological polar surface area (TPSA) is 92.4 Å². The van der Waals surface area contributed by atoms with Crippen molar-refractivity contribution in [1.82, 2.24) is 4.72 Å². The number of hydrogen-bond acceptors (Lipinski definition) is 4. The van der Waals surface area contributed by atoms with E-state index in [2.05, 4.69) is 20.7 Å². The van der Waals surface area contributed by atoms with Crippen LogP contribution in [0, 0.1) is 5.92 Å². The Morgan fingerprint density at radius 2 is 1.95 bits per heavy atom. The lowest BCUT2D eigenvalue weighted by Crippen LogP contribution is -2.36. The number of nitrogens with one attached hydrogen (secondary N) is 1. The summed E-state index contributed by atoms with van der Waals surface area (Å²) in [6, 6.07) is 4.64. The second-order valence-electron chi connectivity index (χ2n) is 4.68. The minimum absolute atomic E-state index is 0.0133. The largest absolute Gasteiger partial charge is 0.398 e. The van der Waals surface area contributed by atoms with Crippen molar-refractivity contribution >= 4 is 31.6 Å². The molecule has 0 saturated carbocycles. The molecule has 4 N–H and O–H groups in total. The molecule has 7 heteroatoms. The van der Waals surface area contributed by atoms with Gasteiger partial charge in [0.15, 0.2) is 0 Å². The van der Waals surface area contributed by atoms with Gasteiger partial charge < -0.3 is 10.8 Å². The summed E-state index contributed by atoms with van der Waals surface area (Å²) in [4.78, 5) is 0.0172. The van der Waals surface area contributed by atoms with Crippen molar-refractivity contribution in [1.29, 1.82) is 0 Å². The molecule has 0 amide bonds. The molecular formula is C13H21BrN2O3S. The highest BCUT2D eigenvalue weighted by molar-refractivity contribution is 9.10. The second-order valence-corrected chi connectivity index (χ2v) is 7.33. The SMILES string of the molecule is CCC(CC)C(O)CNS(=O)(=O)c1cc(Br)ccc1N. The smallest absolute Gasteiger partial charge is 0.242 e. The quantitative estimate of drug-likeness (QED) is 0.646. The molecule has 1 rings (SSSR count). The van der Waals surface area contributed by atoms with Crippen molar-refractivity contribution in [2.24, 2.45) is 5.92 Å². The van der Waals surface area contributed by atoms with Crippen molar-refractivity contribution in [2.75, 3.05) is 12.3 Å². The molecule has 1 atom stereocenters. The maximum atomic E-state index is 12.2. The summed E-state index contributed by atoms with van der Waals surface area (Å²) in [5.74, 6) is 0.0811. The summed E-state index contributed by atoms with van der Waals surface area (Å²) in [6.07, 6.45) is 0.907. The van der Waals surface area contributed by atoms with Crippen molar-refractivity contribution in [3.63, 3.8) is 0 Å². The standard InChI is InChI=1S/C13H21BrN2O3S/c1-3-9(4-2)12(17)8-16-20(18,19)13-7-10(14)5-6-11(13)15/h5-7,9,12,16-17H,3-4,8,15H2,1-2H3. The molecule has 1 aromatic rings. The third kappa shape index (κ3) is 4.44. The summed E-state index contributed by atoms with van der Waals surface area (Å²) in [6.45, 7) is 3.93. The average molecular weight is 365 g/mol. The van der Waals surface area contributed by atoms with Gasteiger partial charge in [-0.2, -0.15) is 0 Å². The first-order valence-corrected chi connectivity index (χ1v) is 8.82. The van der Waals surface area contributed by atoms with Crippen molar-refractivity contribution < 1.29 is 13.5 Å². The molecule has 0 radical (unpaired) electrons. The lowest BCUT2D eigenvalue weighted by molar-refractivity contribution is 0.107. The molecular weight excluding hydrogens is 344 g/mol. The molecule has 0 saturated heterocycles. The maximum Gasteiger partial charge on any atom is 0.242 e. The highest BCUT2D eigenvalue weighted by Crippen LogP contribution is 2.23. The van der Waals surface area contributed by atoms with Gasteiger partial charge in [0, 0.05) is 11.0 Å². The Labute approximate surface area is 128 Å². The van der Waals surface area contributed by atoms with Gasteiger partial charge in [-0.25, -0.2) is 13.1 Å². The molecule has 5 nitrogen and oxygen atoms in total. The van der Waals surface area contributed by atoms with Gasteiger partial charge in [0.25, 0.3) is 0 Å². The molecule has 0 aromatic heterocycles. The molecule has 0 aliphatic heterocycles. The van der Waals surface area contributed by atoms with Gasteiger partial charge in [0.05, 0.1) is 11.8 Å². The summed E-state index contributed by atoms with van der Waals surface area (Å²) < 4.78 is 27.4. The van der Waals surface area contributed by atoms with Crippen molar-refractivity contribution in [3.8, 4) is 0 Å². The number of nitrogens with two attached hydrogens (primary N) is 1. The van der Waals surface area contributed by atoms with Gasteiger partial charge in [-0.1, -0.05) is 42.6 Å². The Morgan fingerprint density at radius 1 is 1.35 bits per heavy atom. The highest BCUT2D eigenvalue weighted by atomic mass is 79.9. The van der Waals surface area contributed by atoms with E-state index in [1.54, 1.807) is 6.07 Å². The lowest BCUT2D eigenvalue weighted by Gasteiger charge is -2.20. The number of rotatable bonds is 7. The van der Waals surface area contributed by atoms with E-state index in [1.165, 1.54) is 12.1 Å². The van der Waals surface area contributed by atoms with E-state index in [-0.39, 0.29) is 23.0 Å². The molecule has 0 bridgehead atoms. The van der Waals surface area contributed by atoms with Crippen LogP contribution in [-0.4, -0.2) is 26.2 Å². The van der Waals surface area contributed by atoms with E-state index in [4.69, 9.17) is 5.73 Å². The monoisotopic (exact) mass is 364 g/mol. The molecule has 0 spiro atoms. The third-order valence-electron chi connectivity index (χ3n) is 3.34. The van der Waals surface area contributed by atoms with Crippen molar-refractivity contribution in [2.45, 2.75) is 37.7 Å². The van der Waals surface area contributed by atoms with Gasteiger partial charge in [0.1, 0.15) is 4.90 Å². The summed E-state index contributed by atoms with van der Waals surface area (Å²) >= 11 is 3.22. The fraction of sp³-hybridized carbons (Fsp3) is 0.538. The zero-order valence-corrected chi connectivity index (χ0v) is 14.0. The zero-order chi connectivity index (χ0) is 15.3. The van der Waals surface area contributed by atoms with Crippen LogP contribution in [-0.2, 0) is 10.0 Å². The van der Waals surface area contributed by atoms with Crippen LogP contribution in [0.25, 0.3) is 0 Å². The first-order valence-electron chi connectivity index (χ1n) is 6.54. The maximum absolute atomic E-state index is 12.2. The Balaban J connectivity index is 2.83. The van der Waals surface area contributed by atoms with E-state index >= 15 is 0 Å². The van der Waals surface area contributed by atoms with Gasteiger partial charge in [0.2, 0.25) is 10.0 Å². The summed E-state index contributed by atoms with van der Waals surface area (Å²) in [5, 5.41) is 9.98. The number of halogens is 1. The van der Waals surface area contributed by atoms with Crippen LogP contribution in [0.5, 0.6) is 0 Å². The number of anilines is 1. The molecule has 0 aliphatic rings. The number of aliphatic hydroxyl groups excluding tert-OH is 1. The fourth-order valence-corrected chi connectivity index (χ4v) is 3.73. The summed E-state index contributed by atoms with van der Waals surface area (Å²) in [5.41, 5.74) is 5.87. The van der Waals surface area contributed by atoms with Crippen molar-refractivity contribution in [3.05, 3.63) is 22.7 Å². The Bertz CT molecular complexity index is 545. The number of nitrogen functional groups attached to an aromatic ring is 1. The van der Waals surface area contributed by atoms with Crippen LogP contribution in [0.4, 0.5) is 5.69 Å². The van der Waals surface area contributed by atoms with E-state index in [0.717, 1.165) is 12.8 Å². The molecule has 114 valence electrons. The van der Waals surface area contributed by atoms with Crippen LogP contribution in [0.2, 0.25) is 0 Å². The number of benzene rings is 1. The van der Waals surface area contributed by atoms with Crippen LogP contribution in [0.3, 0.4) is 0 Å². The van der Waals surface area contributed by atoms with E-state index in [0.29, 0.717) is 4.47 Å². The van der Waals surface area contributed by atoms with Gasteiger partial charge in [-0.15, -0.1) is 0 Å². The average Bonchev–Trinajstić information content (AvgIpc) is 2.40. The zero-order valence-electron chi connectivity index (χ0n) is 11.6. The Hall–Kier alpha value is -0.630. The molecule has 0 fully saturated rings. The molecule has 1 unspecified atom stereocenters. The minimum atomic E-state index is -3.72. The summed E-state index contributed by atoms with van der Waals surface area (Å²) in [7, 11) is -3.72. The Morgan fingerprint density at radius 3 is 2.50 bits per heavy atom. The van der Waals surface area contributed by atoms with E-state index < -0.39 is 16.1 Å². The fourth-order valence-electron chi connectivity index (χ4n) is 2.01. The molecule has 0 heterocycles. The Kier molecular flexibility index (Phi) is 6.44. The predicted octanol–water partition coefficient (Wildman–Crippen LogP) is 2.11. The molecule has 0 aliphatic carbocycles. The predicted molar refractivity (Wildman–Crippen MR) is 83.8 cm³/mol. The van der Waals surface area contributed by atoms with Gasteiger partial charge >= 0.3 is 0 Å². The second kappa shape index (κ2) is 7.40. The van der Waals surface area contributed by atoms with Crippen LogP contribution in [0.1, 0.15) is 26.7 Å². The van der Waals surface area contributed by atoms with Crippen LogP contribution >= 0.6 is 15.9 Å². The van der Waals surface area contributed by atoms with Crippen LogP contribution in [0.15, 0.2) is 27.6 Å². The molecule has 1 aromatic carbocycles. The highest BCUT2D eigenvalue weighted by Gasteiger charge is 2.21. The normalized spacial score (nSPS) is 13.7. The number of sulfonamides is 1. The van der Waals surface area contributed by atoms with E-state index in [9.17, 15) is 13.5 Å². The molecule has 20 heavy (non-hydrogen) atoms. The number of hydrogen-bond donors (Lipinski definition) is 3. The first kappa shape index (κ1) is 17.4. The third-order valence-corrected chi connectivity index (χ3v) is 5.31. The minimum Gasteiger partial charge on any atom is -0.398 e. The van der Waals surface area contributed by atoms with Gasteiger partial charge in [-0.3, -0.25) is 0 Å². The van der Waals surface area contributed by atoms with Crippen LogP contribution < -0.4 is 10.5 Å².